The Hall–Kier alpha value is -0.910. The van der Waals surface area contributed by atoms with Gasteiger partial charge in [-0.15, -0.1) is 0 Å². The summed E-state index contributed by atoms with van der Waals surface area (Å²) in [6, 6.07) is 4.81. The van der Waals surface area contributed by atoms with Gasteiger partial charge < -0.3 is 19.7 Å². The van der Waals surface area contributed by atoms with Crippen LogP contribution in [0.25, 0.3) is 0 Å². The van der Waals surface area contributed by atoms with Crippen LogP contribution in [0.4, 0.5) is 0 Å². The van der Waals surface area contributed by atoms with Gasteiger partial charge in [0, 0.05) is 6.92 Å². The number of ether oxygens (including phenoxy) is 2. The number of hydrogen-bond donors (Lipinski definition) is 1. The second kappa shape index (κ2) is 6.55. The van der Waals surface area contributed by atoms with E-state index in [-0.39, 0.29) is 42.1 Å². The minimum absolute atomic E-state index is 0. The van der Waals surface area contributed by atoms with Crippen molar-refractivity contribution in [3.8, 4) is 17.2 Å². The van der Waals surface area contributed by atoms with Gasteiger partial charge in [0.05, 0.1) is 0 Å². The third-order valence-electron chi connectivity index (χ3n) is 1.36. The summed E-state index contributed by atoms with van der Waals surface area (Å²) in [5, 5.41) is 18.3. The van der Waals surface area contributed by atoms with E-state index in [0.29, 0.717) is 11.5 Å². The van der Waals surface area contributed by atoms with E-state index in [2.05, 4.69) is 0 Å². The number of rotatable bonds is 0. The summed E-state index contributed by atoms with van der Waals surface area (Å²) < 4.78 is 9.85. The summed E-state index contributed by atoms with van der Waals surface area (Å²) in [6.07, 6.45) is 0. The predicted octanol–water partition coefficient (Wildman–Crippen LogP) is -2.42. The smallest absolute Gasteiger partial charge is 0.870 e. The van der Waals surface area contributed by atoms with E-state index < -0.39 is 5.97 Å². The molecule has 0 spiro atoms. The Balaban J connectivity index is 0.000000346. The number of benzene rings is 1. The van der Waals surface area contributed by atoms with Crippen molar-refractivity contribution in [2.75, 3.05) is 6.79 Å². The van der Waals surface area contributed by atoms with Crippen LogP contribution in [0, 0.1) is 0 Å². The molecule has 15 heavy (non-hydrogen) atoms. The Labute approximate surface area is 109 Å². The molecule has 6 heteroatoms. The van der Waals surface area contributed by atoms with E-state index in [4.69, 9.17) is 19.4 Å². The zero-order valence-electron chi connectivity index (χ0n) is 8.52. The molecule has 1 aliphatic heterocycles. The van der Waals surface area contributed by atoms with Crippen LogP contribution in [0.1, 0.15) is 6.92 Å². The van der Waals surface area contributed by atoms with E-state index in [1.807, 2.05) is 0 Å². The van der Waals surface area contributed by atoms with Crippen LogP contribution >= 0.6 is 0 Å². The minimum Gasteiger partial charge on any atom is -0.870 e. The monoisotopic (exact) mass is 220 g/mol. The second-order valence-electron chi connectivity index (χ2n) is 2.51. The van der Waals surface area contributed by atoms with Crippen molar-refractivity contribution < 1.29 is 54.0 Å². The number of fused-ring (bicyclic) bond motifs is 1. The Kier molecular flexibility index (Phi) is 6.15. The van der Waals surface area contributed by atoms with E-state index >= 15 is 0 Å². The van der Waals surface area contributed by atoms with Gasteiger partial charge in [-0.2, -0.15) is 0 Å². The first-order valence-electron chi connectivity index (χ1n) is 3.86. The first-order chi connectivity index (χ1) is 6.61. The maximum atomic E-state index is 10.9. The predicted molar refractivity (Wildman–Crippen MR) is 45.3 cm³/mol. The van der Waals surface area contributed by atoms with Crippen molar-refractivity contribution in [2.45, 2.75) is 6.92 Å². The third-order valence-corrected chi connectivity index (χ3v) is 1.36. The maximum absolute atomic E-state index is 10.9. The fourth-order valence-electron chi connectivity index (χ4n) is 0.903. The number of hydrogen-bond acceptors (Lipinski definition) is 4. The molecule has 0 aromatic heterocycles. The number of carboxylic acids is 1. The summed E-state index contributed by atoms with van der Waals surface area (Å²) in [6.45, 7) is 1.24. The largest absolute Gasteiger partial charge is 1.00 e. The molecule has 1 aliphatic rings. The van der Waals surface area contributed by atoms with Crippen molar-refractivity contribution in [2.24, 2.45) is 0 Å². The number of para-hydroxylation sites is 1. The van der Waals surface area contributed by atoms with Crippen LogP contribution in [0.15, 0.2) is 18.2 Å². The molecule has 1 aromatic carbocycles. The van der Waals surface area contributed by atoms with Crippen LogP contribution in [-0.4, -0.2) is 17.9 Å². The molecule has 2 rings (SSSR count). The molecule has 0 saturated heterocycles. The molecule has 0 saturated carbocycles. The van der Waals surface area contributed by atoms with Crippen LogP contribution in [0.2, 0.25) is 0 Å². The van der Waals surface area contributed by atoms with E-state index in [1.165, 1.54) is 6.07 Å². The van der Waals surface area contributed by atoms with Gasteiger partial charge in [-0.05, 0) is 6.07 Å². The summed E-state index contributed by atoms with van der Waals surface area (Å²) in [5.74, 6) is -0.0648. The maximum Gasteiger partial charge on any atom is 1.00 e. The fraction of sp³-hybridized carbons (Fsp3) is 0.222. The number of aliphatic carboxylic acids is 1. The summed E-state index contributed by atoms with van der Waals surface area (Å²) in [7, 11) is 0. The van der Waals surface area contributed by atoms with Crippen molar-refractivity contribution in [3.63, 3.8) is 0 Å². The van der Waals surface area contributed by atoms with Crippen LogP contribution in [-0.2, 0) is 4.79 Å². The van der Waals surface area contributed by atoms with Crippen LogP contribution in [0.5, 0.6) is 17.2 Å². The van der Waals surface area contributed by atoms with Gasteiger partial charge in [0.25, 0.3) is 5.97 Å². The van der Waals surface area contributed by atoms with Gasteiger partial charge in [0.1, 0.15) is 0 Å². The van der Waals surface area contributed by atoms with Gasteiger partial charge in [-0.25, -0.2) is 0 Å². The second-order valence-corrected chi connectivity index (χ2v) is 2.51. The molecule has 1 heterocycles. The molecular formula is C9H9NaO5. The van der Waals surface area contributed by atoms with Crippen LogP contribution < -0.4 is 44.1 Å². The molecule has 1 aromatic rings. The molecule has 76 valence electrons. The normalized spacial score (nSPS) is 10.7. The summed E-state index contributed by atoms with van der Waals surface area (Å²) >= 11 is 0. The van der Waals surface area contributed by atoms with Crippen molar-refractivity contribution in [1.82, 2.24) is 0 Å². The van der Waals surface area contributed by atoms with E-state index in [9.17, 15) is 5.11 Å². The molecule has 0 amide bonds. The topological polar surface area (TPSA) is 78.8 Å². The number of carbonyl (C=O) groups is 1. The van der Waals surface area contributed by atoms with Gasteiger partial charge in [0.2, 0.25) is 6.79 Å². The van der Waals surface area contributed by atoms with E-state index in [1.54, 1.807) is 12.1 Å². The Morgan fingerprint density at radius 2 is 2.07 bits per heavy atom. The zero-order valence-corrected chi connectivity index (χ0v) is 10.5. The fourth-order valence-corrected chi connectivity index (χ4v) is 0.903. The standard InChI is InChI=1S/C7H6O3.C2H4O2.Na/c8-5-2-1-3-6-7(5)10-4-9-6;1-2(3)4;/h1-3,8H,4H2;1H3,(H,3,4);/q;;+1/p-1. The van der Waals surface area contributed by atoms with Gasteiger partial charge in [-0.3, -0.25) is 4.79 Å². The van der Waals surface area contributed by atoms with Gasteiger partial charge >= 0.3 is 29.6 Å². The first kappa shape index (κ1) is 14.1. The van der Waals surface area contributed by atoms with Crippen molar-refractivity contribution in [3.05, 3.63) is 18.2 Å². The molecule has 0 fully saturated rings. The average molecular weight is 220 g/mol. The van der Waals surface area contributed by atoms with E-state index in [0.717, 1.165) is 6.92 Å². The molecular weight excluding hydrogens is 211 g/mol. The molecule has 0 atom stereocenters. The SMILES string of the molecule is CC(=O)O.[Na+].[O-]c1cccc2c1OCO2. The molecule has 0 aliphatic carbocycles. The van der Waals surface area contributed by atoms with Crippen molar-refractivity contribution >= 4 is 5.97 Å². The summed E-state index contributed by atoms with van der Waals surface area (Å²) in [5.41, 5.74) is 0. The quantitative estimate of drug-likeness (QED) is 0.492. The van der Waals surface area contributed by atoms with Crippen molar-refractivity contribution in [1.29, 1.82) is 0 Å². The Morgan fingerprint density at radius 3 is 2.60 bits per heavy atom. The number of carboxylic acid groups (broad SMARTS) is 1. The molecule has 0 bridgehead atoms. The zero-order chi connectivity index (χ0) is 10.6. The Bertz CT molecular complexity index is 335. The van der Waals surface area contributed by atoms with Gasteiger partial charge in [-0.1, -0.05) is 17.9 Å². The molecule has 5 nitrogen and oxygen atoms in total. The molecule has 0 unspecified atom stereocenters. The third kappa shape index (κ3) is 4.42. The first-order valence-corrected chi connectivity index (χ1v) is 3.86. The molecule has 0 radical (unpaired) electrons. The molecule has 1 N–H and O–H groups in total. The summed E-state index contributed by atoms with van der Waals surface area (Å²) in [4.78, 5) is 9.00. The average Bonchev–Trinajstić information content (AvgIpc) is 2.52. The van der Waals surface area contributed by atoms with Crippen LogP contribution in [0.3, 0.4) is 0 Å². The van der Waals surface area contributed by atoms with Gasteiger partial charge in [0.15, 0.2) is 11.5 Å². The Morgan fingerprint density at radius 1 is 1.47 bits per heavy atom. The minimum atomic E-state index is -0.833.